The van der Waals surface area contributed by atoms with Crippen molar-refractivity contribution in [2.75, 3.05) is 25.1 Å². The monoisotopic (exact) mass is 309 g/mol. The van der Waals surface area contributed by atoms with Gasteiger partial charge in [-0.3, -0.25) is 0 Å². The molecule has 1 aromatic heterocycles. The van der Waals surface area contributed by atoms with E-state index in [0.29, 0.717) is 17.4 Å². The average molecular weight is 309 g/mol. The van der Waals surface area contributed by atoms with Gasteiger partial charge in [-0.15, -0.1) is 0 Å². The summed E-state index contributed by atoms with van der Waals surface area (Å²) in [5.74, 6) is 2.10. The molecule has 118 valence electrons. The Hall–Kier alpha value is -2.58. The number of rotatable bonds is 5. The Balaban J connectivity index is 1.55. The third-order valence-corrected chi connectivity index (χ3v) is 3.82. The van der Waals surface area contributed by atoms with Crippen molar-refractivity contribution < 1.29 is 9.47 Å². The molecule has 0 bridgehead atoms. The molecule has 0 atom stereocenters. The van der Waals surface area contributed by atoms with Crippen LogP contribution in [0, 0.1) is 17.2 Å². The number of nitrogens with one attached hydrogen (secondary N) is 1. The van der Waals surface area contributed by atoms with Gasteiger partial charge < -0.3 is 14.8 Å². The molecule has 5 heteroatoms. The molecule has 1 aliphatic rings. The Kier molecular flexibility index (Phi) is 5.07. The molecule has 0 unspecified atom stereocenters. The Bertz CT molecular complexity index is 673. The van der Waals surface area contributed by atoms with E-state index in [2.05, 4.69) is 10.3 Å². The first-order valence-electron chi connectivity index (χ1n) is 7.78. The van der Waals surface area contributed by atoms with Crippen molar-refractivity contribution in [2.24, 2.45) is 5.92 Å². The fourth-order valence-corrected chi connectivity index (χ4v) is 2.48. The average Bonchev–Trinajstić information content (AvgIpc) is 2.62. The van der Waals surface area contributed by atoms with E-state index < -0.39 is 0 Å². The van der Waals surface area contributed by atoms with Crippen LogP contribution < -0.4 is 10.1 Å². The van der Waals surface area contributed by atoms with Crippen molar-refractivity contribution in [3.05, 3.63) is 48.2 Å². The van der Waals surface area contributed by atoms with Gasteiger partial charge in [0.1, 0.15) is 23.3 Å². The first-order valence-corrected chi connectivity index (χ1v) is 7.78. The van der Waals surface area contributed by atoms with Gasteiger partial charge in [-0.2, -0.15) is 5.26 Å². The number of pyridine rings is 1. The van der Waals surface area contributed by atoms with Crippen LogP contribution in [0.4, 0.5) is 11.5 Å². The number of hydrogen-bond donors (Lipinski definition) is 1. The summed E-state index contributed by atoms with van der Waals surface area (Å²) in [7, 11) is 0. The topological polar surface area (TPSA) is 67.2 Å². The summed E-state index contributed by atoms with van der Waals surface area (Å²) in [6, 6.07) is 15.1. The highest BCUT2D eigenvalue weighted by atomic mass is 16.5. The minimum atomic E-state index is 0.395. The summed E-state index contributed by atoms with van der Waals surface area (Å²) < 4.78 is 11.2. The second-order valence-corrected chi connectivity index (χ2v) is 5.54. The SMILES string of the molecule is N#Cc1cccc(Nc2ccc(OCC3CCOCC3)cc2)n1. The molecule has 2 heterocycles. The van der Waals surface area contributed by atoms with E-state index in [0.717, 1.165) is 44.1 Å². The van der Waals surface area contributed by atoms with Gasteiger partial charge in [0.25, 0.3) is 0 Å². The van der Waals surface area contributed by atoms with Crippen molar-refractivity contribution >= 4 is 11.5 Å². The molecule has 5 nitrogen and oxygen atoms in total. The van der Waals surface area contributed by atoms with Crippen LogP contribution in [0.2, 0.25) is 0 Å². The summed E-state index contributed by atoms with van der Waals surface area (Å²) in [6.07, 6.45) is 2.14. The second kappa shape index (κ2) is 7.61. The van der Waals surface area contributed by atoms with Crippen LogP contribution in [0.1, 0.15) is 18.5 Å². The zero-order valence-electron chi connectivity index (χ0n) is 12.9. The molecule has 0 amide bonds. The van der Waals surface area contributed by atoms with E-state index in [9.17, 15) is 0 Å². The highest BCUT2D eigenvalue weighted by molar-refractivity contribution is 5.57. The van der Waals surface area contributed by atoms with Crippen molar-refractivity contribution in [1.82, 2.24) is 4.98 Å². The summed E-state index contributed by atoms with van der Waals surface area (Å²) in [6.45, 7) is 2.42. The normalized spacial score (nSPS) is 14.9. The number of nitriles is 1. The first kappa shape index (κ1) is 15.3. The van der Waals surface area contributed by atoms with E-state index in [4.69, 9.17) is 14.7 Å². The summed E-state index contributed by atoms with van der Waals surface area (Å²) in [5, 5.41) is 12.0. The van der Waals surface area contributed by atoms with Gasteiger partial charge in [-0.25, -0.2) is 4.98 Å². The number of aromatic nitrogens is 1. The number of nitrogens with zero attached hydrogens (tertiary/aromatic N) is 2. The third-order valence-electron chi connectivity index (χ3n) is 3.82. The molecule has 1 N–H and O–H groups in total. The molecule has 1 fully saturated rings. The van der Waals surface area contributed by atoms with Gasteiger partial charge >= 0.3 is 0 Å². The quantitative estimate of drug-likeness (QED) is 0.915. The molecule has 1 aromatic carbocycles. The maximum absolute atomic E-state index is 8.87. The Labute approximate surface area is 135 Å². The van der Waals surface area contributed by atoms with Crippen LogP contribution in [0.15, 0.2) is 42.5 Å². The largest absolute Gasteiger partial charge is 0.493 e. The van der Waals surface area contributed by atoms with E-state index in [1.165, 1.54) is 0 Å². The number of anilines is 2. The van der Waals surface area contributed by atoms with Crippen molar-refractivity contribution in [1.29, 1.82) is 5.26 Å². The Morgan fingerprint density at radius 1 is 1.17 bits per heavy atom. The minimum absolute atomic E-state index is 0.395. The molecule has 3 rings (SSSR count). The molecule has 0 spiro atoms. The predicted octanol–water partition coefficient (Wildman–Crippen LogP) is 3.50. The van der Waals surface area contributed by atoms with E-state index in [-0.39, 0.29) is 0 Å². The van der Waals surface area contributed by atoms with Crippen molar-refractivity contribution in [3.8, 4) is 11.8 Å². The Morgan fingerprint density at radius 2 is 1.96 bits per heavy atom. The lowest BCUT2D eigenvalue weighted by molar-refractivity contribution is 0.0497. The van der Waals surface area contributed by atoms with Crippen molar-refractivity contribution in [3.63, 3.8) is 0 Å². The van der Waals surface area contributed by atoms with Crippen LogP contribution in [-0.2, 0) is 4.74 Å². The zero-order valence-corrected chi connectivity index (χ0v) is 12.9. The summed E-state index contributed by atoms with van der Waals surface area (Å²) >= 11 is 0. The molecule has 0 aliphatic carbocycles. The van der Waals surface area contributed by atoms with Crippen LogP contribution in [-0.4, -0.2) is 24.8 Å². The lowest BCUT2D eigenvalue weighted by Crippen LogP contribution is -2.21. The van der Waals surface area contributed by atoms with Crippen molar-refractivity contribution in [2.45, 2.75) is 12.8 Å². The maximum atomic E-state index is 8.87. The van der Waals surface area contributed by atoms with Gasteiger partial charge in [-0.05, 0) is 55.2 Å². The van der Waals surface area contributed by atoms with Gasteiger partial charge in [0, 0.05) is 18.9 Å². The van der Waals surface area contributed by atoms with Gasteiger partial charge in [-0.1, -0.05) is 6.07 Å². The van der Waals surface area contributed by atoms with Crippen LogP contribution in [0.25, 0.3) is 0 Å². The predicted molar refractivity (Wildman–Crippen MR) is 87.7 cm³/mol. The van der Waals surface area contributed by atoms with Gasteiger partial charge in [0.05, 0.1) is 6.61 Å². The van der Waals surface area contributed by atoms with E-state index in [1.807, 2.05) is 36.4 Å². The maximum Gasteiger partial charge on any atom is 0.142 e. The molecule has 1 saturated heterocycles. The molecule has 0 radical (unpaired) electrons. The number of benzene rings is 1. The highest BCUT2D eigenvalue weighted by Crippen LogP contribution is 2.21. The molecular weight excluding hydrogens is 290 g/mol. The number of hydrogen-bond acceptors (Lipinski definition) is 5. The van der Waals surface area contributed by atoms with Crippen LogP contribution in [0.3, 0.4) is 0 Å². The first-order chi connectivity index (χ1) is 11.3. The highest BCUT2D eigenvalue weighted by Gasteiger charge is 2.14. The molecule has 0 saturated carbocycles. The summed E-state index contributed by atoms with van der Waals surface area (Å²) in [5.41, 5.74) is 1.30. The fourth-order valence-electron chi connectivity index (χ4n) is 2.48. The smallest absolute Gasteiger partial charge is 0.142 e. The van der Waals surface area contributed by atoms with Crippen LogP contribution >= 0.6 is 0 Å². The lowest BCUT2D eigenvalue weighted by Gasteiger charge is -2.22. The minimum Gasteiger partial charge on any atom is -0.493 e. The summed E-state index contributed by atoms with van der Waals surface area (Å²) in [4.78, 5) is 4.19. The zero-order chi connectivity index (χ0) is 15.9. The third kappa shape index (κ3) is 4.44. The van der Waals surface area contributed by atoms with Gasteiger partial charge in [0.2, 0.25) is 0 Å². The van der Waals surface area contributed by atoms with E-state index >= 15 is 0 Å². The van der Waals surface area contributed by atoms with Gasteiger partial charge in [0.15, 0.2) is 0 Å². The number of ether oxygens (including phenoxy) is 2. The lowest BCUT2D eigenvalue weighted by atomic mass is 10.0. The van der Waals surface area contributed by atoms with E-state index in [1.54, 1.807) is 12.1 Å². The fraction of sp³-hybridized carbons (Fsp3) is 0.333. The molecule has 2 aromatic rings. The second-order valence-electron chi connectivity index (χ2n) is 5.54. The standard InChI is InChI=1S/C18H19N3O2/c19-12-16-2-1-3-18(21-16)20-15-4-6-17(7-5-15)23-13-14-8-10-22-11-9-14/h1-7,14H,8-11,13H2,(H,20,21). The molecule has 1 aliphatic heterocycles. The Morgan fingerprint density at radius 3 is 2.70 bits per heavy atom. The van der Waals surface area contributed by atoms with Crippen LogP contribution in [0.5, 0.6) is 5.75 Å². The molecule has 23 heavy (non-hydrogen) atoms. The molecular formula is C18H19N3O2.